The Morgan fingerprint density at radius 1 is 1.00 bits per heavy atom. The number of alkyl halides is 3. The molecule has 4 aromatic rings. The van der Waals surface area contributed by atoms with Gasteiger partial charge in [0, 0.05) is 65.7 Å². The molecule has 0 aliphatic rings. The fourth-order valence-electron chi connectivity index (χ4n) is 3.32. The van der Waals surface area contributed by atoms with Crippen molar-refractivity contribution in [2.24, 2.45) is 0 Å². The van der Waals surface area contributed by atoms with Gasteiger partial charge in [-0.1, -0.05) is 0 Å². The lowest BCUT2D eigenvalue weighted by Crippen LogP contribution is -2.21. The number of pyridine rings is 4. The van der Waals surface area contributed by atoms with Gasteiger partial charge in [0.15, 0.2) is 6.10 Å². The Morgan fingerprint density at radius 2 is 1.79 bits per heavy atom. The van der Waals surface area contributed by atoms with Crippen molar-refractivity contribution >= 4 is 28.3 Å². The summed E-state index contributed by atoms with van der Waals surface area (Å²) in [4.78, 5) is 29.4. The van der Waals surface area contributed by atoms with E-state index in [2.05, 4.69) is 30.6 Å². The summed E-state index contributed by atoms with van der Waals surface area (Å²) in [5.74, 6) is -0.00243. The van der Waals surface area contributed by atoms with Crippen molar-refractivity contribution in [3.05, 3.63) is 72.1 Å². The molecule has 34 heavy (non-hydrogen) atoms. The highest BCUT2D eigenvalue weighted by Crippen LogP contribution is 2.32. The predicted octanol–water partition coefficient (Wildman–Crippen LogP) is 4.28. The molecule has 4 aromatic heterocycles. The van der Waals surface area contributed by atoms with Crippen LogP contribution in [-0.2, 0) is 0 Å². The lowest BCUT2D eigenvalue weighted by atomic mass is 10.0. The maximum absolute atomic E-state index is 12.8. The summed E-state index contributed by atoms with van der Waals surface area (Å²) in [5, 5.41) is 15.8. The number of aliphatic hydroxyl groups is 1. The third-order valence-corrected chi connectivity index (χ3v) is 5.12. The molecular formula is C23H19F3N6O2. The van der Waals surface area contributed by atoms with Crippen LogP contribution >= 0.6 is 0 Å². The van der Waals surface area contributed by atoms with E-state index in [4.69, 9.17) is 0 Å². The molecule has 11 heteroatoms. The first-order valence-electron chi connectivity index (χ1n) is 10.1. The Hall–Kier alpha value is -4.12. The van der Waals surface area contributed by atoms with Gasteiger partial charge in [-0.05, 0) is 25.1 Å². The van der Waals surface area contributed by atoms with Crippen molar-refractivity contribution in [1.82, 2.24) is 19.9 Å². The normalized spacial score (nSPS) is 12.4. The molecule has 0 aromatic carbocycles. The van der Waals surface area contributed by atoms with E-state index in [1.165, 1.54) is 6.20 Å². The zero-order chi connectivity index (χ0) is 24.5. The average Bonchev–Trinajstić information content (AvgIpc) is 2.83. The number of hydrogen-bond acceptors (Lipinski definition) is 7. The highest BCUT2D eigenvalue weighted by Gasteiger charge is 2.39. The van der Waals surface area contributed by atoms with Crippen LogP contribution < -0.4 is 10.6 Å². The Bertz CT molecular complexity index is 1380. The number of aliphatic hydroxyl groups excluding tert-OH is 1. The molecule has 8 nitrogen and oxygen atoms in total. The molecule has 0 aliphatic heterocycles. The van der Waals surface area contributed by atoms with Gasteiger partial charge in [0.25, 0.3) is 5.91 Å². The van der Waals surface area contributed by atoms with Gasteiger partial charge in [0.05, 0.1) is 23.0 Å². The molecular weight excluding hydrogens is 449 g/mol. The Labute approximate surface area is 191 Å². The maximum Gasteiger partial charge on any atom is 0.418 e. The molecule has 0 saturated carbocycles. The standard InChI is InChI=1S/C23H19F3N6O2/c1-12-18(13-3-14-10-31-20(27-2)6-19(14)30-9-13)5-17(11-29-12)32-22(34)16-4-15(7-28-8-16)21(33)23(24,25)26/h3-11,21,33H,1-2H3,(H,27,31)(H,32,34)/t21-/m1/s1. The number of halogens is 3. The molecule has 174 valence electrons. The van der Waals surface area contributed by atoms with Crippen LogP contribution in [0.4, 0.5) is 24.7 Å². The van der Waals surface area contributed by atoms with Crippen LogP contribution in [0.1, 0.15) is 27.7 Å². The number of anilines is 2. The highest BCUT2D eigenvalue weighted by molar-refractivity contribution is 6.04. The number of carbonyl (C=O) groups excluding carboxylic acids is 1. The van der Waals surface area contributed by atoms with Gasteiger partial charge in [-0.3, -0.25) is 19.7 Å². The number of aryl methyl sites for hydroxylation is 1. The van der Waals surface area contributed by atoms with E-state index in [0.29, 0.717) is 22.8 Å². The average molecular weight is 468 g/mol. The molecule has 0 bridgehead atoms. The summed E-state index contributed by atoms with van der Waals surface area (Å²) in [6.45, 7) is 1.80. The van der Waals surface area contributed by atoms with E-state index >= 15 is 0 Å². The molecule has 0 unspecified atom stereocenters. The summed E-state index contributed by atoms with van der Waals surface area (Å²) in [6, 6.07) is 6.36. The van der Waals surface area contributed by atoms with Crippen LogP contribution in [0.5, 0.6) is 0 Å². The first kappa shape index (κ1) is 23.1. The van der Waals surface area contributed by atoms with Gasteiger partial charge in [0.2, 0.25) is 0 Å². The molecule has 0 radical (unpaired) electrons. The van der Waals surface area contributed by atoms with Crippen molar-refractivity contribution in [3.63, 3.8) is 0 Å². The molecule has 3 N–H and O–H groups in total. The molecule has 0 spiro atoms. The summed E-state index contributed by atoms with van der Waals surface area (Å²) < 4.78 is 38.4. The van der Waals surface area contributed by atoms with Crippen molar-refractivity contribution in [3.8, 4) is 11.1 Å². The van der Waals surface area contributed by atoms with E-state index in [-0.39, 0.29) is 5.56 Å². The van der Waals surface area contributed by atoms with E-state index in [9.17, 15) is 23.1 Å². The van der Waals surface area contributed by atoms with E-state index in [1.807, 2.05) is 12.1 Å². The number of nitrogens with zero attached hydrogens (tertiary/aromatic N) is 4. The van der Waals surface area contributed by atoms with Crippen molar-refractivity contribution in [2.75, 3.05) is 17.7 Å². The molecule has 0 fully saturated rings. The number of rotatable bonds is 5. The van der Waals surface area contributed by atoms with E-state index in [1.54, 1.807) is 32.4 Å². The first-order valence-corrected chi connectivity index (χ1v) is 10.1. The zero-order valence-corrected chi connectivity index (χ0v) is 18.1. The molecule has 1 amide bonds. The van der Waals surface area contributed by atoms with Crippen molar-refractivity contribution in [1.29, 1.82) is 0 Å². The second-order valence-electron chi connectivity index (χ2n) is 7.50. The summed E-state index contributed by atoms with van der Waals surface area (Å²) in [7, 11) is 1.77. The second-order valence-corrected chi connectivity index (χ2v) is 7.50. The Kier molecular flexibility index (Phi) is 6.12. The topological polar surface area (TPSA) is 113 Å². The number of nitrogens with one attached hydrogen (secondary N) is 2. The third kappa shape index (κ3) is 4.79. The number of carbonyl (C=O) groups is 1. The number of hydrogen-bond donors (Lipinski definition) is 3. The highest BCUT2D eigenvalue weighted by atomic mass is 19.4. The number of fused-ring (bicyclic) bond motifs is 1. The summed E-state index contributed by atoms with van der Waals surface area (Å²) in [5.41, 5.74) is 2.58. The first-order chi connectivity index (χ1) is 16.2. The zero-order valence-electron chi connectivity index (χ0n) is 18.1. The minimum Gasteiger partial charge on any atom is -0.379 e. The number of aromatic nitrogens is 4. The quantitative estimate of drug-likeness (QED) is 0.401. The lowest BCUT2D eigenvalue weighted by Gasteiger charge is -2.15. The van der Waals surface area contributed by atoms with Crippen LogP contribution in [0.2, 0.25) is 0 Å². The molecule has 4 rings (SSSR count). The van der Waals surface area contributed by atoms with Crippen LogP contribution in [-0.4, -0.2) is 44.2 Å². The SMILES string of the molecule is CNc1cc2ncc(-c3cc(NC(=O)c4cncc([C@@H](O)C(F)(F)F)c4)cnc3C)cc2cn1. The van der Waals surface area contributed by atoms with Gasteiger partial charge in [0.1, 0.15) is 5.82 Å². The smallest absolute Gasteiger partial charge is 0.379 e. The van der Waals surface area contributed by atoms with Crippen LogP contribution in [0.25, 0.3) is 22.0 Å². The summed E-state index contributed by atoms with van der Waals surface area (Å²) in [6.07, 6.45) is -0.811. The fraction of sp³-hybridized carbons (Fsp3) is 0.174. The predicted molar refractivity (Wildman–Crippen MR) is 120 cm³/mol. The van der Waals surface area contributed by atoms with Crippen LogP contribution in [0, 0.1) is 6.92 Å². The fourth-order valence-corrected chi connectivity index (χ4v) is 3.32. The van der Waals surface area contributed by atoms with Crippen LogP contribution in [0.3, 0.4) is 0 Å². The van der Waals surface area contributed by atoms with Gasteiger partial charge in [-0.15, -0.1) is 0 Å². The maximum atomic E-state index is 12.8. The van der Waals surface area contributed by atoms with Crippen molar-refractivity contribution in [2.45, 2.75) is 19.2 Å². The molecule has 0 saturated heterocycles. The van der Waals surface area contributed by atoms with Gasteiger partial charge in [-0.25, -0.2) is 4.98 Å². The van der Waals surface area contributed by atoms with E-state index < -0.39 is 23.8 Å². The van der Waals surface area contributed by atoms with Crippen molar-refractivity contribution < 1.29 is 23.1 Å². The molecule has 0 aliphatic carbocycles. The molecule has 1 atom stereocenters. The van der Waals surface area contributed by atoms with Crippen LogP contribution in [0.15, 0.2) is 55.2 Å². The molecule has 4 heterocycles. The minimum absolute atomic E-state index is 0.137. The van der Waals surface area contributed by atoms with Gasteiger partial charge < -0.3 is 15.7 Å². The van der Waals surface area contributed by atoms with Gasteiger partial charge >= 0.3 is 6.18 Å². The largest absolute Gasteiger partial charge is 0.418 e. The third-order valence-electron chi connectivity index (χ3n) is 5.12. The number of amides is 1. The van der Waals surface area contributed by atoms with Gasteiger partial charge in [-0.2, -0.15) is 13.2 Å². The second kappa shape index (κ2) is 9.02. The monoisotopic (exact) mass is 468 g/mol. The Morgan fingerprint density at radius 3 is 2.53 bits per heavy atom. The van der Waals surface area contributed by atoms with E-state index in [0.717, 1.165) is 34.9 Å². The summed E-state index contributed by atoms with van der Waals surface area (Å²) >= 11 is 0. The Balaban J connectivity index is 1.61. The minimum atomic E-state index is -4.87. The lowest BCUT2D eigenvalue weighted by molar-refractivity contribution is -0.206.